The number of hydrogen-bond donors (Lipinski definition) is 0. The molecule has 0 saturated heterocycles. The molecular formula is C11H11N3O2. The van der Waals surface area contributed by atoms with Gasteiger partial charge in [0.15, 0.2) is 6.04 Å². The van der Waals surface area contributed by atoms with Crippen LogP contribution in [-0.4, -0.2) is 25.3 Å². The minimum atomic E-state index is -0.617. The number of nitriles is 1. The molecule has 1 aromatic rings. The standard InChI is InChI=1S/C11H11N3O2/c1-13-9-6-4-3-5-8(9)10(7-12)14(13)11(15)16-2/h3-6,10H,1-2H3. The summed E-state index contributed by atoms with van der Waals surface area (Å²) in [7, 11) is 3.03. The summed E-state index contributed by atoms with van der Waals surface area (Å²) < 4.78 is 4.66. The SMILES string of the molecule is COC(=O)N1C(C#N)c2ccccc2N1C. The lowest BCUT2D eigenvalue weighted by Gasteiger charge is -2.26. The van der Waals surface area contributed by atoms with Crippen molar-refractivity contribution in [3.8, 4) is 6.07 Å². The summed E-state index contributed by atoms with van der Waals surface area (Å²) >= 11 is 0. The Balaban J connectivity index is 2.48. The highest BCUT2D eigenvalue weighted by Crippen LogP contribution is 2.38. The molecule has 1 heterocycles. The van der Waals surface area contributed by atoms with Crippen molar-refractivity contribution in [2.45, 2.75) is 6.04 Å². The number of methoxy groups -OCH3 is 1. The number of para-hydroxylation sites is 1. The van der Waals surface area contributed by atoms with Gasteiger partial charge in [0.2, 0.25) is 0 Å². The average molecular weight is 217 g/mol. The third-order valence-electron chi connectivity index (χ3n) is 2.63. The number of carbonyl (C=O) groups is 1. The van der Waals surface area contributed by atoms with Gasteiger partial charge >= 0.3 is 6.09 Å². The number of carbonyl (C=O) groups excluding carboxylic acids is 1. The fraction of sp³-hybridized carbons (Fsp3) is 0.273. The van der Waals surface area contributed by atoms with Crippen LogP contribution in [0.1, 0.15) is 11.6 Å². The van der Waals surface area contributed by atoms with E-state index in [4.69, 9.17) is 5.26 Å². The van der Waals surface area contributed by atoms with E-state index in [1.165, 1.54) is 12.1 Å². The van der Waals surface area contributed by atoms with Crippen LogP contribution < -0.4 is 5.01 Å². The summed E-state index contributed by atoms with van der Waals surface area (Å²) in [5.74, 6) is 0. The van der Waals surface area contributed by atoms with E-state index in [1.54, 1.807) is 12.1 Å². The number of hydrogen-bond acceptors (Lipinski definition) is 4. The lowest BCUT2D eigenvalue weighted by atomic mass is 10.1. The minimum absolute atomic E-state index is 0.537. The summed E-state index contributed by atoms with van der Waals surface area (Å²) in [6, 6.07) is 8.89. The molecule has 1 aliphatic heterocycles. The van der Waals surface area contributed by atoms with Crippen molar-refractivity contribution in [3.63, 3.8) is 0 Å². The van der Waals surface area contributed by atoms with Crippen LogP contribution in [0, 0.1) is 11.3 Å². The summed E-state index contributed by atoms with van der Waals surface area (Å²) in [6.07, 6.45) is -0.537. The van der Waals surface area contributed by atoms with Crippen LogP contribution in [0.3, 0.4) is 0 Å². The van der Waals surface area contributed by atoms with E-state index in [9.17, 15) is 4.79 Å². The maximum Gasteiger partial charge on any atom is 0.430 e. The highest BCUT2D eigenvalue weighted by Gasteiger charge is 2.38. The summed E-state index contributed by atoms with van der Waals surface area (Å²) in [5, 5.41) is 12.0. The van der Waals surface area contributed by atoms with Crippen LogP contribution in [0.5, 0.6) is 0 Å². The Morgan fingerprint density at radius 2 is 2.19 bits per heavy atom. The predicted molar refractivity (Wildman–Crippen MR) is 57.4 cm³/mol. The fourth-order valence-electron chi connectivity index (χ4n) is 1.88. The van der Waals surface area contributed by atoms with E-state index in [-0.39, 0.29) is 0 Å². The normalized spacial score (nSPS) is 17.9. The van der Waals surface area contributed by atoms with Crippen LogP contribution in [0.15, 0.2) is 24.3 Å². The summed E-state index contributed by atoms with van der Waals surface area (Å²) in [4.78, 5) is 11.6. The monoisotopic (exact) mass is 217 g/mol. The molecule has 0 radical (unpaired) electrons. The molecule has 1 atom stereocenters. The molecule has 2 rings (SSSR count). The van der Waals surface area contributed by atoms with Gasteiger partial charge < -0.3 is 4.74 Å². The van der Waals surface area contributed by atoms with Crippen LogP contribution >= 0.6 is 0 Å². The zero-order valence-electron chi connectivity index (χ0n) is 9.04. The Bertz CT molecular complexity index is 467. The van der Waals surface area contributed by atoms with Crippen molar-refractivity contribution in [3.05, 3.63) is 29.8 Å². The van der Waals surface area contributed by atoms with E-state index in [1.807, 2.05) is 24.3 Å². The first kappa shape index (κ1) is 10.3. The van der Waals surface area contributed by atoms with Crippen molar-refractivity contribution in [1.82, 2.24) is 5.01 Å². The van der Waals surface area contributed by atoms with Gasteiger partial charge in [-0.3, -0.25) is 5.01 Å². The highest BCUT2D eigenvalue weighted by atomic mass is 16.5. The van der Waals surface area contributed by atoms with Gasteiger partial charge in [0.25, 0.3) is 0 Å². The van der Waals surface area contributed by atoms with Crippen LogP contribution in [0.25, 0.3) is 0 Å². The van der Waals surface area contributed by atoms with Gasteiger partial charge in [-0.15, -0.1) is 0 Å². The molecule has 5 heteroatoms. The molecule has 0 fully saturated rings. The molecular weight excluding hydrogens is 206 g/mol. The van der Waals surface area contributed by atoms with Gasteiger partial charge in [-0.1, -0.05) is 18.2 Å². The van der Waals surface area contributed by atoms with Crippen molar-refractivity contribution in [2.24, 2.45) is 0 Å². The number of fused-ring (bicyclic) bond motifs is 1. The van der Waals surface area contributed by atoms with E-state index < -0.39 is 12.1 Å². The minimum Gasteiger partial charge on any atom is -0.451 e. The number of hydrazine groups is 1. The Morgan fingerprint density at radius 3 is 2.81 bits per heavy atom. The number of amides is 1. The molecule has 0 spiro atoms. The average Bonchev–Trinajstić information content (AvgIpc) is 2.62. The number of anilines is 1. The molecule has 16 heavy (non-hydrogen) atoms. The van der Waals surface area contributed by atoms with Gasteiger partial charge in [0.05, 0.1) is 18.9 Å². The van der Waals surface area contributed by atoms with Crippen molar-refractivity contribution in [2.75, 3.05) is 19.2 Å². The second kappa shape index (κ2) is 3.74. The van der Waals surface area contributed by atoms with E-state index in [0.717, 1.165) is 11.3 Å². The number of ether oxygens (including phenoxy) is 1. The molecule has 0 aliphatic carbocycles. The Labute approximate surface area is 93.4 Å². The lowest BCUT2D eigenvalue weighted by molar-refractivity contribution is 0.117. The predicted octanol–water partition coefficient (Wildman–Crippen LogP) is 1.68. The summed E-state index contributed by atoms with van der Waals surface area (Å²) in [6.45, 7) is 0. The quantitative estimate of drug-likeness (QED) is 0.663. The Hall–Kier alpha value is -2.22. The van der Waals surface area contributed by atoms with Crippen LogP contribution in [-0.2, 0) is 4.74 Å². The highest BCUT2D eigenvalue weighted by molar-refractivity contribution is 5.76. The van der Waals surface area contributed by atoms with Gasteiger partial charge in [-0.05, 0) is 6.07 Å². The smallest absolute Gasteiger partial charge is 0.430 e. The number of benzene rings is 1. The van der Waals surface area contributed by atoms with E-state index in [0.29, 0.717) is 0 Å². The first-order valence-electron chi connectivity index (χ1n) is 4.80. The molecule has 0 aromatic heterocycles. The molecule has 0 saturated carbocycles. The second-order valence-corrected chi connectivity index (χ2v) is 3.43. The van der Waals surface area contributed by atoms with Crippen molar-refractivity contribution < 1.29 is 9.53 Å². The first-order valence-corrected chi connectivity index (χ1v) is 4.80. The van der Waals surface area contributed by atoms with E-state index in [2.05, 4.69) is 10.8 Å². The number of rotatable bonds is 0. The molecule has 0 N–H and O–H groups in total. The molecule has 82 valence electrons. The lowest BCUT2D eigenvalue weighted by Crippen LogP contribution is -2.41. The van der Waals surface area contributed by atoms with Crippen LogP contribution in [0.2, 0.25) is 0 Å². The zero-order chi connectivity index (χ0) is 11.7. The van der Waals surface area contributed by atoms with Gasteiger partial charge in [-0.2, -0.15) is 10.3 Å². The Kier molecular flexibility index (Phi) is 2.41. The third-order valence-corrected chi connectivity index (χ3v) is 2.63. The molecule has 1 aromatic carbocycles. The van der Waals surface area contributed by atoms with E-state index >= 15 is 0 Å². The van der Waals surface area contributed by atoms with Crippen molar-refractivity contribution in [1.29, 1.82) is 5.26 Å². The van der Waals surface area contributed by atoms with Gasteiger partial charge in [0, 0.05) is 12.6 Å². The molecule has 1 unspecified atom stereocenters. The zero-order valence-corrected chi connectivity index (χ0v) is 9.04. The second-order valence-electron chi connectivity index (χ2n) is 3.43. The van der Waals surface area contributed by atoms with Crippen LogP contribution in [0.4, 0.5) is 10.5 Å². The Morgan fingerprint density at radius 1 is 1.50 bits per heavy atom. The molecule has 1 aliphatic rings. The molecule has 5 nitrogen and oxygen atoms in total. The summed E-state index contributed by atoms with van der Waals surface area (Å²) in [5.41, 5.74) is 1.66. The van der Waals surface area contributed by atoms with Gasteiger partial charge in [-0.25, -0.2) is 4.79 Å². The fourth-order valence-corrected chi connectivity index (χ4v) is 1.88. The molecule has 1 amide bonds. The largest absolute Gasteiger partial charge is 0.451 e. The third kappa shape index (κ3) is 1.27. The first-order chi connectivity index (χ1) is 7.70. The topological polar surface area (TPSA) is 56.6 Å². The maximum absolute atomic E-state index is 11.6. The molecule has 0 bridgehead atoms. The van der Waals surface area contributed by atoms with Crippen molar-refractivity contribution >= 4 is 11.8 Å². The maximum atomic E-state index is 11.6. The number of nitrogens with zero attached hydrogens (tertiary/aromatic N) is 3. The van der Waals surface area contributed by atoms with Gasteiger partial charge in [0.1, 0.15) is 0 Å².